The maximum atomic E-state index is 9.08. The Kier molecular flexibility index (Phi) is 7.37. The molecule has 2 N–H and O–H groups in total. The van der Waals surface area contributed by atoms with Crippen molar-refractivity contribution in [3.8, 4) is 11.5 Å². The first kappa shape index (κ1) is 22.9. The third-order valence-electron chi connectivity index (χ3n) is 5.80. The van der Waals surface area contributed by atoms with Crippen molar-refractivity contribution in [3.63, 3.8) is 0 Å². The lowest BCUT2D eigenvalue weighted by Gasteiger charge is -2.33. The highest BCUT2D eigenvalue weighted by molar-refractivity contribution is 5.54. The Balaban J connectivity index is 2.13. The molecule has 0 amide bonds. The molecule has 3 rings (SSSR count). The van der Waals surface area contributed by atoms with Gasteiger partial charge in [0.1, 0.15) is 24.7 Å². The maximum Gasteiger partial charge on any atom is 0.122 e. The third kappa shape index (κ3) is 4.92. The molecule has 4 heteroatoms. The quantitative estimate of drug-likeness (QED) is 0.492. The van der Waals surface area contributed by atoms with Gasteiger partial charge in [-0.3, -0.25) is 0 Å². The van der Waals surface area contributed by atoms with Crippen molar-refractivity contribution in [1.29, 1.82) is 0 Å². The normalized spacial score (nSPS) is 11.4. The molecule has 0 aromatic heterocycles. The number of aryl methyl sites for hydroxylation is 3. The van der Waals surface area contributed by atoms with Crippen LogP contribution in [-0.4, -0.2) is 36.6 Å². The predicted octanol–water partition coefficient (Wildman–Crippen LogP) is 4.71. The fourth-order valence-electron chi connectivity index (χ4n) is 4.01. The van der Waals surface area contributed by atoms with Crippen LogP contribution in [0.5, 0.6) is 11.5 Å². The number of benzene rings is 3. The van der Waals surface area contributed by atoms with Crippen LogP contribution >= 0.6 is 0 Å². The highest BCUT2D eigenvalue weighted by Gasteiger charge is 2.32. The van der Waals surface area contributed by atoms with Crippen molar-refractivity contribution in [2.24, 2.45) is 0 Å². The van der Waals surface area contributed by atoms with Crippen molar-refractivity contribution in [3.05, 3.63) is 94.0 Å². The number of aliphatic hydroxyl groups is 2. The van der Waals surface area contributed by atoms with Crippen LogP contribution in [0.4, 0.5) is 0 Å². The average molecular weight is 421 g/mol. The van der Waals surface area contributed by atoms with Crippen molar-refractivity contribution >= 4 is 0 Å². The minimum Gasteiger partial charge on any atom is -0.491 e. The van der Waals surface area contributed by atoms with Gasteiger partial charge in [0.2, 0.25) is 0 Å². The molecule has 3 aromatic rings. The van der Waals surface area contributed by atoms with Crippen LogP contribution in [0, 0.1) is 20.8 Å². The van der Waals surface area contributed by atoms with Gasteiger partial charge in [-0.15, -0.1) is 0 Å². The molecule has 0 fully saturated rings. The summed E-state index contributed by atoms with van der Waals surface area (Å²) in [5.41, 5.74) is 6.42. The lowest BCUT2D eigenvalue weighted by atomic mass is 9.70. The van der Waals surface area contributed by atoms with Crippen LogP contribution in [0.3, 0.4) is 0 Å². The van der Waals surface area contributed by atoms with Crippen LogP contribution in [0.15, 0.2) is 60.7 Å². The van der Waals surface area contributed by atoms with E-state index in [0.29, 0.717) is 0 Å². The molecule has 0 heterocycles. The summed E-state index contributed by atoms with van der Waals surface area (Å²) in [6.45, 7) is 8.96. The zero-order valence-electron chi connectivity index (χ0n) is 18.8. The molecule has 0 bridgehead atoms. The minimum absolute atomic E-state index is 0.00776. The van der Waals surface area contributed by atoms with Gasteiger partial charge in [0.15, 0.2) is 0 Å². The third-order valence-corrected chi connectivity index (χ3v) is 5.80. The Morgan fingerprint density at radius 2 is 1.16 bits per heavy atom. The summed E-state index contributed by atoms with van der Waals surface area (Å²) in [4.78, 5) is 0. The second-order valence-electron chi connectivity index (χ2n) is 8.10. The molecule has 0 spiro atoms. The zero-order valence-corrected chi connectivity index (χ0v) is 18.8. The summed E-state index contributed by atoms with van der Waals surface area (Å²) in [6, 6.07) is 21.1. The number of hydrogen-bond donors (Lipinski definition) is 2. The van der Waals surface area contributed by atoms with Gasteiger partial charge in [-0.2, -0.15) is 0 Å². The van der Waals surface area contributed by atoms with E-state index in [9.17, 15) is 0 Å². The predicted molar refractivity (Wildman–Crippen MR) is 124 cm³/mol. The lowest BCUT2D eigenvalue weighted by Crippen LogP contribution is -2.26. The first-order chi connectivity index (χ1) is 14.9. The molecule has 164 valence electrons. The average Bonchev–Trinajstić information content (AvgIpc) is 2.76. The number of rotatable bonds is 9. The van der Waals surface area contributed by atoms with Gasteiger partial charge >= 0.3 is 0 Å². The molecule has 4 nitrogen and oxygen atoms in total. The van der Waals surface area contributed by atoms with E-state index in [1.54, 1.807) is 0 Å². The van der Waals surface area contributed by atoms with Gasteiger partial charge in [0, 0.05) is 5.41 Å². The molecule has 3 aromatic carbocycles. The van der Waals surface area contributed by atoms with Crippen LogP contribution in [-0.2, 0) is 5.41 Å². The van der Waals surface area contributed by atoms with E-state index >= 15 is 0 Å². The summed E-state index contributed by atoms with van der Waals surface area (Å²) >= 11 is 0. The summed E-state index contributed by atoms with van der Waals surface area (Å²) in [7, 11) is 0. The van der Waals surface area contributed by atoms with E-state index in [1.807, 2.05) is 26.0 Å². The molecule has 0 unspecified atom stereocenters. The molecule has 31 heavy (non-hydrogen) atoms. The van der Waals surface area contributed by atoms with E-state index in [-0.39, 0.29) is 31.8 Å². The highest BCUT2D eigenvalue weighted by atomic mass is 16.5. The molecule has 0 aliphatic rings. The Hall–Kier alpha value is -2.82. The van der Waals surface area contributed by atoms with Gasteiger partial charge in [-0.25, -0.2) is 0 Å². The van der Waals surface area contributed by atoms with Crippen LogP contribution < -0.4 is 9.47 Å². The van der Waals surface area contributed by atoms with Gasteiger partial charge in [0.05, 0.1) is 13.2 Å². The van der Waals surface area contributed by atoms with Crippen molar-refractivity contribution in [2.45, 2.75) is 33.1 Å². The fourth-order valence-corrected chi connectivity index (χ4v) is 4.01. The van der Waals surface area contributed by atoms with Crippen LogP contribution in [0.25, 0.3) is 0 Å². The fraction of sp³-hybridized carbons (Fsp3) is 0.333. The van der Waals surface area contributed by atoms with Crippen molar-refractivity contribution in [2.75, 3.05) is 26.4 Å². The first-order valence-corrected chi connectivity index (χ1v) is 10.7. The Labute approximate surface area is 185 Å². The molecular formula is C27H32O4. The SMILES string of the molecule is Cc1cccc(C(C)(c2ccc(OCCO)c(C)c2)c2ccc(OCCO)c(C)c2)c1. The molecule has 0 atom stereocenters. The number of aliphatic hydroxyl groups excluding tert-OH is 2. The van der Waals surface area contributed by atoms with E-state index < -0.39 is 0 Å². The van der Waals surface area contributed by atoms with Crippen LogP contribution in [0.1, 0.15) is 40.3 Å². The monoisotopic (exact) mass is 420 g/mol. The van der Waals surface area contributed by atoms with Crippen LogP contribution in [0.2, 0.25) is 0 Å². The summed E-state index contributed by atoms with van der Waals surface area (Å²) in [5.74, 6) is 1.57. The molecule has 0 saturated heterocycles. The summed E-state index contributed by atoms with van der Waals surface area (Å²) < 4.78 is 11.3. The second-order valence-corrected chi connectivity index (χ2v) is 8.10. The Morgan fingerprint density at radius 1 is 0.677 bits per heavy atom. The summed E-state index contributed by atoms with van der Waals surface area (Å²) in [5, 5.41) is 18.2. The van der Waals surface area contributed by atoms with E-state index in [4.69, 9.17) is 19.7 Å². The Bertz CT molecular complexity index is 968. The molecule has 0 radical (unpaired) electrons. The van der Waals surface area contributed by atoms with E-state index in [0.717, 1.165) is 33.8 Å². The Morgan fingerprint density at radius 3 is 1.58 bits per heavy atom. The van der Waals surface area contributed by atoms with Crippen molar-refractivity contribution in [1.82, 2.24) is 0 Å². The van der Waals surface area contributed by atoms with E-state index in [1.165, 1.54) is 11.1 Å². The molecule has 0 saturated carbocycles. The second kappa shape index (κ2) is 9.99. The largest absolute Gasteiger partial charge is 0.491 e. The smallest absolute Gasteiger partial charge is 0.122 e. The highest BCUT2D eigenvalue weighted by Crippen LogP contribution is 2.41. The van der Waals surface area contributed by atoms with Crippen molar-refractivity contribution < 1.29 is 19.7 Å². The topological polar surface area (TPSA) is 58.9 Å². The summed E-state index contributed by atoms with van der Waals surface area (Å²) in [6.07, 6.45) is 0. The zero-order chi connectivity index (χ0) is 22.4. The number of ether oxygens (including phenoxy) is 2. The first-order valence-electron chi connectivity index (χ1n) is 10.7. The molecule has 0 aliphatic heterocycles. The van der Waals surface area contributed by atoms with Gasteiger partial charge in [-0.1, -0.05) is 54.1 Å². The standard InChI is InChI=1S/C27H32O4/c1-19-6-5-7-22(16-19)27(4,23-8-10-25(20(2)17-23)30-14-12-28)24-9-11-26(21(3)18-24)31-15-13-29/h5-11,16-18,28-29H,12-15H2,1-4H3. The van der Waals surface area contributed by atoms with Gasteiger partial charge in [0.25, 0.3) is 0 Å². The van der Waals surface area contributed by atoms with E-state index in [2.05, 4.69) is 62.4 Å². The molecule has 0 aliphatic carbocycles. The minimum atomic E-state index is -0.382. The van der Waals surface area contributed by atoms with Gasteiger partial charge in [-0.05, 0) is 67.6 Å². The number of hydrogen-bond acceptors (Lipinski definition) is 4. The lowest BCUT2D eigenvalue weighted by molar-refractivity contribution is 0.200. The maximum absolute atomic E-state index is 9.08. The molecular weight excluding hydrogens is 388 g/mol. The van der Waals surface area contributed by atoms with Gasteiger partial charge < -0.3 is 19.7 Å².